The Bertz CT molecular complexity index is 953. The minimum atomic E-state index is 0.288. The third-order valence-electron chi connectivity index (χ3n) is 3.95. The molecule has 3 rings (SSSR count). The molecule has 0 atom stereocenters. The molecule has 0 saturated carbocycles. The van der Waals surface area contributed by atoms with Crippen LogP contribution < -0.4 is 10.5 Å². The molecule has 0 spiro atoms. The zero-order valence-corrected chi connectivity index (χ0v) is 15.0. The molecule has 3 aromatic rings. The SMILES string of the molecule is CC(C)c1cc(Oc2cc(C#N)ccc2-c2ncc(CN)cn2)n(C)n1. The number of hydrogen-bond acceptors (Lipinski definition) is 6. The minimum absolute atomic E-state index is 0.288. The fourth-order valence-corrected chi connectivity index (χ4v) is 2.42. The zero-order valence-electron chi connectivity index (χ0n) is 15.0. The van der Waals surface area contributed by atoms with Gasteiger partial charge in [-0.25, -0.2) is 14.6 Å². The first-order valence-corrected chi connectivity index (χ1v) is 8.29. The number of rotatable bonds is 5. The maximum Gasteiger partial charge on any atom is 0.217 e. The summed E-state index contributed by atoms with van der Waals surface area (Å²) in [6.45, 7) is 4.52. The van der Waals surface area contributed by atoms with Crippen LogP contribution in [0.4, 0.5) is 0 Å². The second kappa shape index (κ2) is 7.33. The van der Waals surface area contributed by atoms with Gasteiger partial charge in [-0.05, 0) is 24.1 Å². The molecule has 1 aromatic carbocycles. The monoisotopic (exact) mass is 348 g/mol. The number of aromatic nitrogens is 4. The number of benzene rings is 1. The van der Waals surface area contributed by atoms with Crippen molar-refractivity contribution < 1.29 is 4.74 Å². The molecule has 0 aliphatic carbocycles. The van der Waals surface area contributed by atoms with E-state index in [1.165, 1.54) is 0 Å². The van der Waals surface area contributed by atoms with Gasteiger partial charge in [-0.2, -0.15) is 10.4 Å². The van der Waals surface area contributed by atoms with Gasteiger partial charge in [0.05, 0.1) is 22.9 Å². The van der Waals surface area contributed by atoms with E-state index in [-0.39, 0.29) is 5.92 Å². The molecule has 2 aromatic heterocycles. The van der Waals surface area contributed by atoms with Crippen LogP contribution in [0.2, 0.25) is 0 Å². The van der Waals surface area contributed by atoms with Gasteiger partial charge in [0.2, 0.25) is 5.88 Å². The topological polar surface area (TPSA) is 103 Å². The summed E-state index contributed by atoms with van der Waals surface area (Å²) in [6.07, 6.45) is 3.37. The highest BCUT2D eigenvalue weighted by Crippen LogP contribution is 2.33. The second-order valence-corrected chi connectivity index (χ2v) is 6.23. The normalized spacial score (nSPS) is 10.8. The highest BCUT2D eigenvalue weighted by molar-refractivity contribution is 5.66. The lowest BCUT2D eigenvalue weighted by atomic mass is 10.1. The van der Waals surface area contributed by atoms with Crippen LogP contribution >= 0.6 is 0 Å². The molecule has 0 bridgehead atoms. The Balaban J connectivity index is 2.03. The zero-order chi connectivity index (χ0) is 18.7. The second-order valence-electron chi connectivity index (χ2n) is 6.23. The Morgan fingerprint density at radius 3 is 2.54 bits per heavy atom. The number of aryl methyl sites for hydroxylation is 1. The maximum absolute atomic E-state index is 9.22. The van der Waals surface area contributed by atoms with Crippen LogP contribution in [-0.4, -0.2) is 19.7 Å². The standard InChI is InChI=1S/C19H20N6O/c1-12(2)16-7-18(25(3)24-16)26-17-6-13(8-20)4-5-15(17)19-22-10-14(9-21)11-23-19/h4-7,10-12H,9,21H2,1-3H3. The van der Waals surface area contributed by atoms with Gasteiger partial charge in [0.15, 0.2) is 5.82 Å². The van der Waals surface area contributed by atoms with Crippen molar-refractivity contribution in [2.24, 2.45) is 12.8 Å². The Labute approximate surface area is 152 Å². The molecule has 2 heterocycles. The molecule has 2 N–H and O–H groups in total. The number of ether oxygens (including phenoxy) is 1. The Morgan fingerprint density at radius 2 is 1.96 bits per heavy atom. The average molecular weight is 348 g/mol. The quantitative estimate of drug-likeness (QED) is 0.760. The van der Waals surface area contributed by atoms with Gasteiger partial charge in [-0.15, -0.1) is 0 Å². The van der Waals surface area contributed by atoms with Gasteiger partial charge in [0, 0.05) is 37.6 Å². The van der Waals surface area contributed by atoms with E-state index in [1.54, 1.807) is 35.3 Å². The molecule has 0 saturated heterocycles. The highest BCUT2D eigenvalue weighted by Gasteiger charge is 2.15. The molecule has 7 heteroatoms. The molecule has 26 heavy (non-hydrogen) atoms. The smallest absolute Gasteiger partial charge is 0.217 e. The lowest BCUT2D eigenvalue weighted by Crippen LogP contribution is -2.01. The van der Waals surface area contributed by atoms with E-state index >= 15 is 0 Å². The van der Waals surface area contributed by atoms with Crippen LogP contribution in [0.5, 0.6) is 11.6 Å². The van der Waals surface area contributed by atoms with E-state index in [0.29, 0.717) is 35.1 Å². The van der Waals surface area contributed by atoms with Gasteiger partial charge in [-0.3, -0.25) is 0 Å². The number of hydrogen-bond donors (Lipinski definition) is 1. The largest absolute Gasteiger partial charge is 0.438 e. The first kappa shape index (κ1) is 17.6. The highest BCUT2D eigenvalue weighted by atomic mass is 16.5. The molecular formula is C19H20N6O. The average Bonchev–Trinajstić information content (AvgIpc) is 3.02. The molecular weight excluding hydrogens is 328 g/mol. The van der Waals surface area contributed by atoms with Crippen LogP contribution in [0, 0.1) is 11.3 Å². The summed E-state index contributed by atoms with van der Waals surface area (Å²) in [5, 5.41) is 13.7. The predicted octanol–water partition coefficient (Wildman–Crippen LogP) is 3.12. The molecule has 0 unspecified atom stereocenters. The van der Waals surface area contributed by atoms with Crippen molar-refractivity contribution in [3.8, 4) is 29.1 Å². The summed E-state index contributed by atoms with van der Waals surface area (Å²) < 4.78 is 7.75. The lowest BCUT2D eigenvalue weighted by Gasteiger charge is -2.11. The van der Waals surface area contributed by atoms with Gasteiger partial charge < -0.3 is 10.5 Å². The summed E-state index contributed by atoms with van der Waals surface area (Å²) in [5.41, 5.74) is 8.57. The third kappa shape index (κ3) is 3.55. The van der Waals surface area contributed by atoms with Crippen molar-refractivity contribution in [1.29, 1.82) is 5.26 Å². The first-order valence-electron chi connectivity index (χ1n) is 8.29. The Kier molecular flexibility index (Phi) is 4.96. The summed E-state index contributed by atoms with van der Waals surface area (Å²) in [6, 6.07) is 9.20. The molecule has 0 aliphatic heterocycles. The van der Waals surface area contributed by atoms with Crippen molar-refractivity contribution in [3.05, 3.63) is 53.5 Å². The van der Waals surface area contributed by atoms with Gasteiger partial charge in [0.1, 0.15) is 5.75 Å². The van der Waals surface area contributed by atoms with E-state index in [0.717, 1.165) is 11.3 Å². The Morgan fingerprint density at radius 1 is 1.23 bits per heavy atom. The van der Waals surface area contributed by atoms with Crippen molar-refractivity contribution >= 4 is 0 Å². The third-order valence-corrected chi connectivity index (χ3v) is 3.95. The minimum Gasteiger partial charge on any atom is -0.438 e. The van der Waals surface area contributed by atoms with Crippen molar-refractivity contribution in [2.75, 3.05) is 0 Å². The van der Waals surface area contributed by atoms with Gasteiger partial charge >= 0.3 is 0 Å². The van der Waals surface area contributed by atoms with Gasteiger partial charge in [0.25, 0.3) is 0 Å². The predicted molar refractivity (Wildman–Crippen MR) is 97.4 cm³/mol. The number of nitrogens with two attached hydrogens (primary N) is 1. The fourth-order valence-electron chi connectivity index (χ4n) is 2.42. The maximum atomic E-state index is 9.22. The van der Waals surface area contributed by atoms with Crippen molar-refractivity contribution in [2.45, 2.75) is 26.3 Å². The summed E-state index contributed by atoms with van der Waals surface area (Å²) in [7, 11) is 1.82. The molecule has 0 aliphatic rings. The molecule has 0 radical (unpaired) electrons. The van der Waals surface area contributed by atoms with E-state index in [9.17, 15) is 5.26 Å². The number of nitrogens with zero attached hydrogens (tertiary/aromatic N) is 5. The fraction of sp³-hybridized carbons (Fsp3) is 0.263. The Hall–Kier alpha value is -3.24. The van der Waals surface area contributed by atoms with Crippen LogP contribution in [0.3, 0.4) is 0 Å². The van der Waals surface area contributed by atoms with Crippen LogP contribution in [0.1, 0.15) is 36.6 Å². The number of nitriles is 1. The lowest BCUT2D eigenvalue weighted by molar-refractivity contribution is 0.431. The van der Waals surface area contributed by atoms with Gasteiger partial charge in [-0.1, -0.05) is 13.8 Å². The van der Waals surface area contributed by atoms with Crippen LogP contribution in [0.25, 0.3) is 11.4 Å². The molecule has 0 fully saturated rings. The summed E-state index contributed by atoms with van der Waals surface area (Å²) >= 11 is 0. The van der Waals surface area contributed by atoms with E-state index in [2.05, 4.69) is 35.0 Å². The van der Waals surface area contributed by atoms with Crippen molar-refractivity contribution in [3.63, 3.8) is 0 Å². The molecule has 132 valence electrons. The first-order chi connectivity index (χ1) is 12.5. The van der Waals surface area contributed by atoms with Crippen LogP contribution in [-0.2, 0) is 13.6 Å². The molecule has 7 nitrogen and oxygen atoms in total. The van der Waals surface area contributed by atoms with E-state index in [4.69, 9.17) is 10.5 Å². The summed E-state index contributed by atoms with van der Waals surface area (Å²) in [4.78, 5) is 8.71. The van der Waals surface area contributed by atoms with E-state index in [1.807, 2.05) is 13.1 Å². The van der Waals surface area contributed by atoms with Crippen molar-refractivity contribution in [1.82, 2.24) is 19.7 Å². The van der Waals surface area contributed by atoms with E-state index < -0.39 is 0 Å². The van der Waals surface area contributed by atoms with Crippen LogP contribution in [0.15, 0.2) is 36.7 Å². The summed E-state index contributed by atoms with van der Waals surface area (Å²) in [5.74, 6) is 1.88. The molecule has 0 amide bonds.